The number of hydrogen-bond donors (Lipinski definition) is 0. The van der Waals surface area contributed by atoms with Gasteiger partial charge in [0.15, 0.2) is 0 Å². The predicted octanol–water partition coefficient (Wildman–Crippen LogP) is 4.38. The Morgan fingerprint density at radius 3 is 2.52 bits per heavy atom. The highest BCUT2D eigenvalue weighted by Gasteiger charge is 2.31. The van der Waals surface area contributed by atoms with Crippen LogP contribution in [0, 0.1) is 17.1 Å². The van der Waals surface area contributed by atoms with Crippen LogP contribution in [-0.4, -0.2) is 11.6 Å². The normalized spacial score (nSPS) is 14.1. The van der Waals surface area contributed by atoms with E-state index in [2.05, 4.69) is 6.07 Å². The minimum absolute atomic E-state index is 0.0637. The summed E-state index contributed by atoms with van der Waals surface area (Å²) >= 11 is 6.05. The number of ether oxygens (including phenoxy) is 1. The monoisotopic (exact) mass is 311 g/mol. The molecule has 21 heavy (non-hydrogen) atoms. The summed E-state index contributed by atoms with van der Waals surface area (Å²) in [5.74, 6) is -0.857. The third-order valence-corrected chi connectivity index (χ3v) is 3.35. The van der Waals surface area contributed by atoms with Crippen molar-refractivity contribution in [2.24, 2.45) is 0 Å². The molecule has 0 aliphatic heterocycles. The van der Waals surface area contributed by atoms with E-state index in [9.17, 15) is 14.4 Å². The summed E-state index contributed by atoms with van der Waals surface area (Å²) in [4.78, 5) is 11.8. The second-order valence-electron chi connectivity index (χ2n) is 6.15. The van der Waals surface area contributed by atoms with Crippen LogP contribution >= 0.6 is 11.6 Å². The van der Waals surface area contributed by atoms with Crippen LogP contribution in [0.5, 0.6) is 0 Å². The van der Waals surface area contributed by atoms with Crippen molar-refractivity contribution in [3.63, 3.8) is 0 Å². The molecular formula is C16H19ClFNO2. The van der Waals surface area contributed by atoms with Gasteiger partial charge in [0.25, 0.3) is 0 Å². The van der Waals surface area contributed by atoms with Gasteiger partial charge in [-0.2, -0.15) is 5.26 Å². The maximum absolute atomic E-state index is 13.4. The molecule has 0 aliphatic carbocycles. The molecule has 0 heterocycles. The average Bonchev–Trinajstić information content (AvgIpc) is 2.37. The number of rotatable bonds is 4. The van der Waals surface area contributed by atoms with Crippen molar-refractivity contribution in [2.45, 2.75) is 51.6 Å². The zero-order valence-corrected chi connectivity index (χ0v) is 13.4. The molecule has 0 N–H and O–H groups in total. The third-order valence-electron chi connectivity index (χ3n) is 3.02. The highest BCUT2D eigenvalue weighted by molar-refractivity contribution is 6.31. The molecule has 1 unspecified atom stereocenters. The van der Waals surface area contributed by atoms with Crippen molar-refractivity contribution in [2.75, 3.05) is 0 Å². The van der Waals surface area contributed by atoms with Crippen LogP contribution in [0.3, 0.4) is 0 Å². The highest BCUT2D eigenvalue weighted by Crippen LogP contribution is 2.34. The van der Waals surface area contributed by atoms with Crippen LogP contribution in [0.1, 0.15) is 46.1 Å². The zero-order chi connectivity index (χ0) is 16.3. The van der Waals surface area contributed by atoms with E-state index in [0.29, 0.717) is 10.6 Å². The lowest BCUT2D eigenvalue weighted by Crippen LogP contribution is -2.27. The van der Waals surface area contributed by atoms with Crippen LogP contribution in [0.2, 0.25) is 5.02 Å². The van der Waals surface area contributed by atoms with Gasteiger partial charge < -0.3 is 4.74 Å². The molecule has 0 aliphatic rings. The quantitative estimate of drug-likeness (QED) is 0.775. The number of nitriles is 1. The van der Waals surface area contributed by atoms with Crippen molar-refractivity contribution in [1.82, 2.24) is 0 Å². The van der Waals surface area contributed by atoms with Gasteiger partial charge in [-0.15, -0.1) is 0 Å². The predicted molar refractivity (Wildman–Crippen MR) is 79.5 cm³/mol. The van der Waals surface area contributed by atoms with Gasteiger partial charge in [0, 0.05) is 11.4 Å². The smallest absolute Gasteiger partial charge is 0.306 e. The Kier molecular flexibility index (Phi) is 5.36. The minimum Gasteiger partial charge on any atom is -0.460 e. The van der Waals surface area contributed by atoms with E-state index in [1.165, 1.54) is 18.2 Å². The van der Waals surface area contributed by atoms with Gasteiger partial charge in [0.2, 0.25) is 0 Å². The number of carbonyl (C=O) groups excluding carboxylic acids is 1. The average molecular weight is 312 g/mol. The van der Waals surface area contributed by atoms with E-state index in [0.717, 1.165) is 0 Å². The van der Waals surface area contributed by atoms with Crippen molar-refractivity contribution >= 4 is 17.6 Å². The Balaban J connectivity index is 2.89. The fourth-order valence-electron chi connectivity index (χ4n) is 1.92. The number of benzene rings is 1. The first-order valence-corrected chi connectivity index (χ1v) is 7.04. The molecule has 0 saturated carbocycles. The maximum atomic E-state index is 13.4. The van der Waals surface area contributed by atoms with Gasteiger partial charge in [-0.1, -0.05) is 11.6 Å². The van der Waals surface area contributed by atoms with Crippen LogP contribution in [-0.2, 0) is 14.9 Å². The number of carbonyl (C=O) groups is 1. The molecule has 0 radical (unpaired) electrons. The molecule has 0 saturated heterocycles. The summed E-state index contributed by atoms with van der Waals surface area (Å²) in [7, 11) is 0. The topological polar surface area (TPSA) is 50.1 Å². The summed E-state index contributed by atoms with van der Waals surface area (Å²) in [6.07, 6.45) is 0.274. The number of esters is 1. The molecule has 1 atom stereocenters. The van der Waals surface area contributed by atoms with Crippen LogP contribution < -0.4 is 0 Å². The molecule has 0 spiro atoms. The van der Waals surface area contributed by atoms with Crippen molar-refractivity contribution < 1.29 is 13.9 Å². The van der Waals surface area contributed by atoms with E-state index < -0.39 is 22.8 Å². The molecule has 1 aromatic rings. The van der Waals surface area contributed by atoms with Crippen LogP contribution in [0.4, 0.5) is 4.39 Å². The number of nitrogens with zero attached hydrogens (tertiary/aromatic N) is 1. The number of hydrogen-bond acceptors (Lipinski definition) is 3. The summed E-state index contributed by atoms with van der Waals surface area (Å²) in [5.41, 5.74) is -1.23. The molecule has 5 heteroatoms. The van der Waals surface area contributed by atoms with E-state index in [-0.39, 0.29) is 12.8 Å². The largest absolute Gasteiger partial charge is 0.460 e. The SMILES string of the molecule is CC(C)(C)OC(=O)CCC(C)(C#N)c1cc(F)ccc1Cl. The first kappa shape index (κ1) is 17.5. The standard InChI is InChI=1S/C16H19ClFNO2/c1-15(2,3)21-14(20)7-8-16(4,10-19)12-9-11(18)5-6-13(12)17/h5-6,9H,7-8H2,1-4H3. The van der Waals surface area contributed by atoms with E-state index in [1.807, 2.05) is 0 Å². The Hall–Kier alpha value is -1.60. The zero-order valence-electron chi connectivity index (χ0n) is 12.7. The first-order valence-electron chi connectivity index (χ1n) is 6.66. The maximum Gasteiger partial charge on any atom is 0.306 e. The van der Waals surface area contributed by atoms with E-state index in [1.54, 1.807) is 27.7 Å². The summed E-state index contributed by atoms with van der Waals surface area (Å²) in [5, 5.41) is 9.73. The Bertz CT molecular complexity index is 575. The second-order valence-corrected chi connectivity index (χ2v) is 6.56. The van der Waals surface area contributed by atoms with Gasteiger partial charge >= 0.3 is 5.97 Å². The van der Waals surface area contributed by atoms with Crippen molar-refractivity contribution in [3.8, 4) is 6.07 Å². The van der Waals surface area contributed by atoms with Gasteiger partial charge in [-0.05, 0) is 57.9 Å². The van der Waals surface area contributed by atoms with Gasteiger partial charge in [0.05, 0.1) is 11.5 Å². The molecular weight excluding hydrogens is 293 g/mol. The lowest BCUT2D eigenvalue weighted by atomic mass is 9.80. The van der Waals surface area contributed by atoms with Gasteiger partial charge in [0.1, 0.15) is 11.4 Å². The molecule has 1 aromatic carbocycles. The molecule has 0 amide bonds. The summed E-state index contributed by atoms with van der Waals surface area (Å²) in [6, 6.07) is 6.00. The van der Waals surface area contributed by atoms with Crippen molar-refractivity contribution in [1.29, 1.82) is 5.26 Å². The molecule has 0 aromatic heterocycles. The van der Waals surface area contributed by atoms with E-state index >= 15 is 0 Å². The van der Waals surface area contributed by atoms with E-state index in [4.69, 9.17) is 16.3 Å². The Labute approximate surface area is 129 Å². The highest BCUT2D eigenvalue weighted by atomic mass is 35.5. The molecule has 3 nitrogen and oxygen atoms in total. The number of halogens is 2. The fourth-order valence-corrected chi connectivity index (χ4v) is 2.24. The third kappa shape index (κ3) is 5.02. The first-order chi connectivity index (χ1) is 9.57. The lowest BCUT2D eigenvalue weighted by molar-refractivity contribution is -0.155. The van der Waals surface area contributed by atoms with Gasteiger partial charge in [-0.3, -0.25) is 4.79 Å². The summed E-state index contributed by atoms with van der Waals surface area (Å²) < 4.78 is 18.6. The van der Waals surface area contributed by atoms with Crippen molar-refractivity contribution in [3.05, 3.63) is 34.6 Å². The molecule has 0 fully saturated rings. The minimum atomic E-state index is -1.05. The molecule has 0 bridgehead atoms. The summed E-state index contributed by atoms with van der Waals surface area (Å²) in [6.45, 7) is 6.96. The Morgan fingerprint density at radius 2 is 2.00 bits per heavy atom. The molecule has 114 valence electrons. The molecule has 1 rings (SSSR count). The second kappa shape index (κ2) is 6.44. The van der Waals surface area contributed by atoms with Crippen LogP contribution in [0.15, 0.2) is 18.2 Å². The fraction of sp³-hybridized carbons (Fsp3) is 0.500. The Morgan fingerprint density at radius 1 is 1.38 bits per heavy atom. The van der Waals surface area contributed by atoms with Crippen LogP contribution in [0.25, 0.3) is 0 Å². The lowest BCUT2D eigenvalue weighted by Gasteiger charge is -2.24. The van der Waals surface area contributed by atoms with Gasteiger partial charge in [-0.25, -0.2) is 4.39 Å².